The van der Waals surface area contributed by atoms with Crippen molar-refractivity contribution in [3.63, 3.8) is 0 Å². The van der Waals surface area contributed by atoms with Gasteiger partial charge in [0.2, 0.25) is 5.91 Å². The molecule has 2 rings (SSSR count). The van der Waals surface area contributed by atoms with Crippen LogP contribution in [0.25, 0.3) is 0 Å². The molecule has 1 aromatic carbocycles. The van der Waals surface area contributed by atoms with E-state index in [4.69, 9.17) is 27.9 Å². The number of piperidine rings is 1. The molecular formula is C19H26Cl2N2O3. The topological polar surface area (TPSA) is 58.6 Å². The Morgan fingerprint density at radius 3 is 2.42 bits per heavy atom. The van der Waals surface area contributed by atoms with Gasteiger partial charge in [-0.05, 0) is 63.3 Å². The Bertz CT molecular complexity index is 612. The zero-order valence-corrected chi connectivity index (χ0v) is 16.8. The summed E-state index contributed by atoms with van der Waals surface area (Å²) in [6.45, 7) is 5.63. The molecule has 1 aliphatic heterocycles. The quantitative estimate of drug-likeness (QED) is 0.712. The van der Waals surface area contributed by atoms with Crippen molar-refractivity contribution >= 4 is 35.0 Å². The number of ether oxygens (including phenoxy) is 1. The Kier molecular flexibility index (Phi) is 7.59. The number of likely N-dealkylation sites (tertiary alicyclic amines) is 1. The molecular weight excluding hydrogens is 375 g/mol. The summed E-state index contributed by atoms with van der Waals surface area (Å²) >= 11 is 11.3. The van der Waals surface area contributed by atoms with Gasteiger partial charge in [-0.1, -0.05) is 11.6 Å². The molecule has 0 aromatic heterocycles. The summed E-state index contributed by atoms with van der Waals surface area (Å²) in [5.41, 5.74) is -0.936. The second kappa shape index (κ2) is 9.47. The monoisotopic (exact) mass is 400 g/mol. The van der Waals surface area contributed by atoms with Crippen molar-refractivity contribution in [3.05, 3.63) is 29.3 Å². The van der Waals surface area contributed by atoms with E-state index in [1.54, 1.807) is 38.1 Å². The molecule has 0 radical (unpaired) electrons. The zero-order chi connectivity index (χ0) is 19.2. The third-order valence-corrected chi connectivity index (χ3v) is 5.09. The van der Waals surface area contributed by atoms with E-state index in [0.717, 1.165) is 19.3 Å². The maximum atomic E-state index is 12.8. The van der Waals surface area contributed by atoms with Crippen molar-refractivity contribution < 1.29 is 14.3 Å². The van der Waals surface area contributed by atoms with Crippen LogP contribution in [0.15, 0.2) is 24.3 Å². The first-order chi connectivity index (χ1) is 12.3. The van der Waals surface area contributed by atoms with Crippen molar-refractivity contribution in [2.24, 2.45) is 5.92 Å². The summed E-state index contributed by atoms with van der Waals surface area (Å²) in [4.78, 5) is 25.9. The molecule has 0 spiro atoms. The molecule has 1 fully saturated rings. The van der Waals surface area contributed by atoms with Gasteiger partial charge in [0.1, 0.15) is 11.6 Å². The van der Waals surface area contributed by atoms with E-state index >= 15 is 0 Å². The first-order valence-corrected chi connectivity index (χ1v) is 9.79. The Morgan fingerprint density at radius 2 is 1.85 bits per heavy atom. The van der Waals surface area contributed by atoms with Crippen LogP contribution in [-0.4, -0.2) is 47.8 Å². The lowest BCUT2D eigenvalue weighted by Crippen LogP contribution is -2.51. The van der Waals surface area contributed by atoms with Gasteiger partial charge in [-0.2, -0.15) is 0 Å². The molecule has 2 amide bonds. The number of halogens is 2. The Hall–Kier alpha value is -1.46. The van der Waals surface area contributed by atoms with Crippen LogP contribution in [0.2, 0.25) is 5.02 Å². The molecule has 1 N–H and O–H groups in total. The lowest BCUT2D eigenvalue weighted by Gasteiger charge is -2.37. The normalized spacial score (nSPS) is 15.6. The second-order valence-electron chi connectivity index (χ2n) is 7.07. The van der Waals surface area contributed by atoms with Crippen molar-refractivity contribution in [3.8, 4) is 5.75 Å². The summed E-state index contributed by atoms with van der Waals surface area (Å²) in [5.74, 6) is 0.977. The average molecular weight is 401 g/mol. The van der Waals surface area contributed by atoms with Crippen molar-refractivity contribution in [1.82, 2.24) is 10.2 Å². The molecule has 0 aliphatic carbocycles. The minimum Gasteiger partial charge on any atom is -0.478 e. The van der Waals surface area contributed by atoms with Gasteiger partial charge in [0.05, 0.1) is 0 Å². The van der Waals surface area contributed by atoms with Gasteiger partial charge in [0, 0.05) is 24.7 Å². The number of rotatable bonds is 7. The number of hydrogen-bond acceptors (Lipinski definition) is 3. The number of benzene rings is 1. The molecule has 1 heterocycles. The molecule has 26 heavy (non-hydrogen) atoms. The van der Waals surface area contributed by atoms with Crippen LogP contribution in [0, 0.1) is 5.92 Å². The minimum atomic E-state index is -0.936. The van der Waals surface area contributed by atoms with Crippen LogP contribution in [0.5, 0.6) is 5.75 Å². The third kappa shape index (κ3) is 6.06. The molecule has 1 aromatic rings. The zero-order valence-electron chi connectivity index (χ0n) is 15.3. The van der Waals surface area contributed by atoms with E-state index in [1.807, 2.05) is 4.90 Å². The number of alkyl halides is 1. The van der Waals surface area contributed by atoms with Crippen LogP contribution in [0.1, 0.15) is 33.1 Å². The highest BCUT2D eigenvalue weighted by Crippen LogP contribution is 2.26. The average Bonchev–Trinajstić information content (AvgIpc) is 2.63. The van der Waals surface area contributed by atoms with E-state index in [9.17, 15) is 9.59 Å². The van der Waals surface area contributed by atoms with Gasteiger partial charge in [0.15, 0.2) is 5.60 Å². The maximum Gasteiger partial charge on any atom is 0.266 e. The summed E-state index contributed by atoms with van der Waals surface area (Å²) in [5, 5.41) is 3.42. The second-order valence-corrected chi connectivity index (χ2v) is 7.78. The van der Waals surface area contributed by atoms with Crippen LogP contribution >= 0.6 is 23.2 Å². The fraction of sp³-hybridized carbons (Fsp3) is 0.579. The molecule has 1 saturated heterocycles. The smallest absolute Gasteiger partial charge is 0.266 e. The van der Waals surface area contributed by atoms with E-state index in [0.29, 0.717) is 36.3 Å². The third-order valence-electron chi connectivity index (χ3n) is 4.60. The predicted molar refractivity (Wildman–Crippen MR) is 104 cm³/mol. The number of amides is 2. The van der Waals surface area contributed by atoms with Gasteiger partial charge < -0.3 is 15.0 Å². The molecule has 0 bridgehead atoms. The molecule has 7 heteroatoms. The fourth-order valence-corrected chi connectivity index (χ4v) is 3.33. The van der Waals surface area contributed by atoms with E-state index in [2.05, 4.69) is 5.32 Å². The van der Waals surface area contributed by atoms with Gasteiger partial charge in [-0.25, -0.2) is 0 Å². The first-order valence-electron chi connectivity index (χ1n) is 8.88. The molecule has 1 aliphatic rings. The van der Waals surface area contributed by atoms with Gasteiger partial charge in [-0.15, -0.1) is 11.6 Å². The molecule has 144 valence electrons. The van der Waals surface area contributed by atoms with E-state index < -0.39 is 5.60 Å². The summed E-state index contributed by atoms with van der Waals surface area (Å²) < 4.78 is 5.89. The highest BCUT2D eigenvalue weighted by molar-refractivity contribution is 6.30. The highest BCUT2D eigenvalue weighted by Gasteiger charge is 2.35. The van der Waals surface area contributed by atoms with Crippen molar-refractivity contribution in [2.75, 3.05) is 25.5 Å². The number of carbonyl (C=O) groups excluding carboxylic acids is 2. The summed E-state index contributed by atoms with van der Waals surface area (Å²) in [6.07, 6.45) is 2.77. The predicted octanol–water partition coefficient (Wildman–Crippen LogP) is 3.48. The molecule has 5 nitrogen and oxygen atoms in total. The lowest BCUT2D eigenvalue weighted by atomic mass is 9.92. The van der Waals surface area contributed by atoms with Crippen molar-refractivity contribution in [1.29, 1.82) is 0 Å². The number of hydrogen-bond donors (Lipinski definition) is 1. The standard InChI is InChI=1S/C19H26Cl2N2O3/c1-19(2,26-16-5-3-15(21)4-6-16)18(25)23-11-8-14(9-12-23)7-10-22-17(24)13-20/h3-6,14H,7-13H2,1-2H3,(H,22,24). The Morgan fingerprint density at radius 1 is 1.23 bits per heavy atom. The molecule has 0 atom stereocenters. The van der Waals surface area contributed by atoms with Gasteiger partial charge >= 0.3 is 0 Å². The van der Waals surface area contributed by atoms with Crippen LogP contribution in [-0.2, 0) is 9.59 Å². The maximum absolute atomic E-state index is 12.8. The summed E-state index contributed by atoms with van der Waals surface area (Å²) in [6, 6.07) is 7.01. The van der Waals surface area contributed by atoms with Gasteiger partial charge in [0.25, 0.3) is 5.91 Å². The molecule has 0 unspecified atom stereocenters. The van der Waals surface area contributed by atoms with Crippen molar-refractivity contribution in [2.45, 2.75) is 38.7 Å². The lowest BCUT2D eigenvalue weighted by molar-refractivity contribution is -0.147. The number of carbonyl (C=O) groups is 2. The minimum absolute atomic E-state index is 0.00432. The Balaban J connectivity index is 1.81. The largest absolute Gasteiger partial charge is 0.478 e. The Labute approximate surface area is 165 Å². The van der Waals surface area contributed by atoms with Crippen LogP contribution in [0.3, 0.4) is 0 Å². The van der Waals surface area contributed by atoms with Gasteiger partial charge in [-0.3, -0.25) is 9.59 Å². The number of nitrogens with one attached hydrogen (secondary N) is 1. The van der Waals surface area contributed by atoms with Crippen LogP contribution in [0.4, 0.5) is 0 Å². The first kappa shape index (κ1) is 20.8. The summed E-state index contributed by atoms with van der Waals surface area (Å²) in [7, 11) is 0. The SMILES string of the molecule is CC(C)(Oc1ccc(Cl)cc1)C(=O)N1CCC(CCNC(=O)CCl)CC1. The van der Waals surface area contributed by atoms with E-state index in [-0.39, 0.29) is 17.7 Å². The molecule has 0 saturated carbocycles. The van der Waals surface area contributed by atoms with E-state index in [1.165, 1.54) is 0 Å². The highest BCUT2D eigenvalue weighted by atomic mass is 35.5. The number of nitrogens with zero attached hydrogens (tertiary/aromatic N) is 1. The fourth-order valence-electron chi connectivity index (χ4n) is 3.11. The van der Waals surface area contributed by atoms with Crippen LogP contribution < -0.4 is 10.1 Å².